The molecule has 1 atom stereocenters. The number of fused-ring (bicyclic) bond motifs is 1. The average molecular weight is 327 g/mol. The Kier molecular flexibility index (Phi) is 3.75. The first-order valence-electron chi connectivity index (χ1n) is 6.18. The summed E-state index contributed by atoms with van der Waals surface area (Å²) in [5.74, 6) is 2.20. The SMILES string of the molecule is Brc1cnn2ccnc(NCC3CCCCS3)c12. The molecule has 1 N–H and O–H groups in total. The van der Waals surface area contributed by atoms with Crippen molar-refractivity contribution in [1.29, 1.82) is 0 Å². The van der Waals surface area contributed by atoms with E-state index in [-0.39, 0.29) is 0 Å². The minimum atomic E-state index is 0.711. The third-order valence-corrected chi connectivity index (χ3v) is 5.14. The maximum absolute atomic E-state index is 4.41. The number of aromatic nitrogens is 3. The molecule has 96 valence electrons. The predicted molar refractivity (Wildman–Crippen MR) is 79.3 cm³/mol. The third kappa shape index (κ3) is 2.49. The monoisotopic (exact) mass is 326 g/mol. The van der Waals surface area contributed by atoms with Crippen molar-refractivity contribution < 1.29 is 0 Å². The van der Waals surface area contributed by atoms with Crippen LogP contribution in [0.3, 0.4) is 0 Å². The summed E-state index contributed by atoms with van der Waals surface area (Å²) in [5, 5.41) is 8.43. The van der Waals surface area contributed by atoms with Gasteiger partial charge in [-0.25, -0.2) is 9.50 Å². The van der Waals surface area contributed by atoms with Crippen LogP contribution in [-0.4, -0.2) is 32.1 Å². The summed E-state index contributed by atoms with van der Waals surface area (Å²) < 4.78 is 2.82. The Labute approximate surface area is 119 Å². The minimum Gasteiger partial charge on any atom is -0.367 e. The summed E-state index contributed by atoms with van der Waals surface area (Å²) in [6.07, 6.45) is 9.47. The Balaban J connectivity index is 1.75. The van der Waals surface area contributed by atoms with Crippen molar-refractivity contribution >= 4 is 39.0 Å². The standard InChI is InChI=1S/C12H15BrN4S/c13-10-8-16-17-5-4-14-12(11(10)17)15-7-9-3-1-2-6-18-9/h4-5,8-9H,1-3,6-7H2,(H,14,15). The number of hydrogen-bond acceptors (Lipinski definition) is 4. The molecular weight excluding hydrogens is 312 g/mol. The fourth-order valence-electron chi connectivity index (χ4n) is 2.22. The van der Waals surface area contributed by atoms with Gasteiger partial charge in [-0.05, 0) is 34.5 Å². The Morgan fingerprint density at radius 1 is 1.50 bits per heavy atom. The van der Waals surface area contributed by atoms with Gasteiger partial charge < -0.3 is 5.32 Å². The van der Waals surface area contributed by atoms with Crippen LogP contribution < -0.4 is 5.32 Å². The molecule has 1 saturated heterocycles. The van der Waals surface area contributed by atoms with Gasteiger partial charge >= 0.3 is 0 Å². The first-order valence-corrected chi connectivity index (χ1v) is 8.02. The molecule has 1 unspecified atom stereocenters. The number of halogens is 1. The molecule has 2 aromatic heterocycles. The summed E-state index contributed by atoms with van der Waals surface area (Å²) in [7, 11) is 0. The van der Waals surface area contributed by atoms with Gasteiger partial charge in [-0.2, -0.15) is 16.9 Å². The predicted octanol–water partition coefficient (Wildman–Crippen LogP) is 3.19. The summed E-state index contributed by atoms with van der Waals surface area (Å²) in [6.45, 7) is 0.981. The zero-order valence-corrected chi connectivity index (χ0v) is 12.4. The van der Waals surface area contributed by atoms with Gasteiger partial charge in [0.1, 0.15) is 5.52 Å². The highest BCUT2D eigenvalue weighted by atomic mass is 79.9. The lowest BCUT2D eigenvalue weighted by molar-refractivity contribution is 0.677. The van der Waals surface area contributed by atoms with E-state index in [1.165, 1.54) is 25.0 Å². The van der Waals surface area contributed by atoms with Crippen molar-refractivity contribution in [2.24, 2.45) is 0 Å². The van der Waals surface area contributed by atoms with Crippen LogP contribution >= 0.6 is 27.7 Å². The first-order chi connectivity index (χ1) is 8.84. The molecule has 0 spiro atoms. The normalized spacial score (nSPS) is 20.2. The second-order valence-corrected chi connectivity index (χ2v) is 6.69. The molecule has 6 heteroatoms. The van der Waals surface area contributed by atoms with E-state index in [9.17, 15) is 0 Å². The Morgan fingerprint density at radius 3 is 3.28 bits per heavy atom. The van der Waals surface area contributed by atoms with Crippen molar-refractivity contribution in [2.75, 3.05) is 17.6 Å². The zero-order valence-electron chi connectivity index (χ0n) is 9.97. The van der Waals surface area contributed by atoms with E-state index in [0.29, 0.717) is 5.25 Å². The van der Waals surface area contributed by atoms with E-state index in [1.807, 2.05) is 10.7 Å². The second kappa shape index (κ2) is 5.48. The van der Waals surface area contributed by atoms with Crippen LogP contribution in [0.2, 0.25) is 0 Å². The van der Waals surface area contributed by atoms with E-state index < -0.39 is 0 Å². The van der Waals surface area contributed by atoms with Gasteiger partial charge in [0.05, 0.1) is 10.7 Å². The first kappa shape index (κ1) is 12.3. The lowest BCUT2D eigenvalue weighted by Crippen LogP contribution is -2.20. The molecule has 0 aromatic carbocycles. The smallest absolute Gasteiger partial charge is 0.153 e. The fourth-order valence-corrected chi connectivity index (χ4v) is 3.92. The second-order valence-electron chi connectivity index (χ2n) is 4.43. The van der Waals surface area contributed by atoms with Gasteiger partial charge in [-0.3, -0.25) is 0 Å². The van der Waals surface area contributed by atoms with Gasteiger partial charge in [-0.1, -0.05) is 6.42 Å². The number of hydrogen-bond donors (Lipinski definition) is 1. The summed E-state index contributed by atoms with van der Waals surface area (Å²) in [4.78, 5) is 4.41. The maximum Gasteiger partial charge on any atom is 0.153 e. The van der Waals surface area contributed by atoms with Crippen molar-refractivity contribution in [2.45, 2.75) is 24.5 Å². The third-order valence-electron chi connectivity index (χ3n) is 3.16. The van der Waals surface area contributed by atoms with Gasteiger partial charge in [-0.15, -0.1) is 0 Å². The van der Waals surface area contributed by atoms with Gasteiger partial charge in [0.2, 0.25) is 0 Å². The Bertz CT molecular complexity index is 536. The number of thioether (sulfide) groups is 1. The van der Waals surface area contributed by atoms with Gasteiger partial charge in [0.25, 0.3) is 0 Å². The van der Waals surface area contributed by atoms with E-state index in [4.69, 9.17) is 0 Å². The summed E-state index contributed by atoms with van der Waals surface area (Å²) >= 11 is 5.58. The highest BCUT2D eigenvalue weighted by Crippen LogP contribution is 2.27. The fraction of sp³-hybridized carbons (Fsp3) is 0.500. The summed E-state index contributed by atoms with van der Waals surface area (Å²) in [5.41, 5.74) is 1.01. The maximum atomic E-state index is 4.41. The quantitative estimate of drug-likeness (QED) is 0.940. The molecule has 2 aromatic rings. The van der Waals surface area contributed by atoms with Crippen molar-refractivity contribution in [3.8, 4) is 0 Å². The Hall–Kier alpha value is -0.750. The van der Waals surface area contributed by atoms with Crippen LogP contribution in [0.1, 0.15) is 19.3 Å². The van der Waals surface area contributed by atoms with E-state index in [2.05, 4.69) is 43.1 Å². The molecule has 0 amide bonds. The molecule has 4 nitrogen and oxygen atoms in total. The van der Waals surface area contributed by atoms with Crippen molar-refractivity contribution in [3.63, 3.8) is 0 Å². The van der Waals surface area contributed by atoms with Crippen LogP contribution in [0, 0.1) is 0 Å². The molecule has 0 saturated carbocycles. The number of nitrogens with one attached hydrogen (secondary N) is 1. The molecule has 1 fully saturated rings. The molecule has 3 heterocycles. The molecule has 1 aliphatic heterocycles. The van der Waals surface area contributed by atoms with Gasteiger partial charge in [0, 0.05) is 24.2 Å². The molecule has 1 aliphatic rings. The van der Waals surface area contributed by atoms with Crippen LogP contribution in [0.4, 0.5) is 5.82 Å². The molecule has 0 bridgehead atoms. The van der Waals surface area contributed by atoms with Crippen LogP contribution in [0.25, 0.3) is 5.52 Å². The van der Waals surface area contributed by atoms with Crippen molar-refractivity contribution in [3.05, 3.63) is 23.1 Å². The molecule has 18 heavy (non-hydrogen) atoms. The molecule has 3 rings (SSSR count). The zero-order chi connectivity index (χ0) is 12.4. The van der Waals surface area contributed by atoms with Crippen LogP contribution in [0.5, 0.6) is 0 Å². The molecular formula is C12H15BrN4S. The minimum absolute atomic E-state index is 0.711. The number of nitrogens with zero attached hydrogens (tertiary/aromatic N) is 3. The summed E-state index contributed by atoms with van der Waals surface area (Å²) in [6, 6.07) is 0. The largest absolute Gasteiger partial charge is 0.367 e. The van der Waals surface area contributed by atoms with Gasteiger partial charge in [0.15, 0.2) is 5.82 Å². The number of anilines is 1. The van der Waals surface area contributed by atoms with E-state index in [1.54, 1.807) is 12.4 Å². The van der Waals surface area contributed by atoms with E-state index in [0.717, 1.165) is 22.4 Å². The van der Waals surface area contributed by atoms with Crippen LogP contribution in [0.15, 0.2) is 23.1 Å². The highest BCUT2D eigenvalue weighted by Gasteiger charge is 2.15. The molecule has 0 aliphatic carbocycles. The lowest BCUT2D eigenvalue weighted by atomic mass is 10.2. The van der Waals surface area contributed by atoms with E-state index >= 15 is 0 Å². The average Bonchev–Trinajstić information content (AvgIpc) is 2.80. The Morgan fingerprint density at radius 2 is 2.44 bits per heavy atom. The van der Waals surface area contributed by atoms with Crippen molar-refractivity contribution in [1.82, 2.24) is 14.6 Å². The topological polar surface area (TPSA) is 42.2 Å². The highest BCUT2D eigenvalue weighted by molar-refractivity contribution is 9.10. The lowest BCUT2D eigenvalue weighted by Gasteiger charge is -2.21. The van der Waals surface area contributed by atoms with Crippen LogP contribution in [-0.2, 0) is 0 Å². The number of rotatable bonds is 3. The molecule has 0 radical (unpaired) electrons.